The number of nitrogens with zero attached hydrogens (tertiary/aromatic N) is 7. The maximum Gasteiger partial charge on any atom is 0.293 e. The van der Waals surface area contributed by atoms with E-state index in [1.165, 1.54) is 30.3 Å². The fraction of sp³-hybridized carbons (Fsp3) is 0.256. The van der Waals surface area contributed by atoms with Crippen LogP contribution in [0.4, 0.5) is 13.2 Å². The van der Waals surface area contributed by atoms with Crippen LogP contribution in [0.25, 0.3) is 34.1 Å². The summed E-state index contributed by atoms with van der Waals surface area (Å²) in [5, 5.41) is 9.21. The number of rotatable bonds is 6. The zero-order valence-corrected chi connectivity index (χ0v) is 29.3. The molecule has 2 aliphatic heterocycles. The Morgan fingerprint density at radius 1 is 0.764 bits per heavy atom. The molecule has 9 rings (SSSR count). The highest BCUT2D eigenvalue weighted by Crippen LogP contribution is 2.30. The van der Waals surface area contributed by atoms with E-state index in [0.717, 1.165) is 54.4 Å². The maximum absolute atomic E-state index is 13.4. The Bertz CT molecular complexity index is 2390. The van der Waals surface area contributed by atoms with E-state index in [2.05, 4.69) is 35.2 Å². The molecule has 7 aromatic rings. The lowest BCUT2D eigenvalue weighted by Gasteiger charge is -2.31. The molecule has 0 bridgehead atoms. The van der Waals surface area contributed by atoms with Crippen molar-refractivity contribution in [1.82, 2.24) is 45.0 Å². The molecule has 2 fully saturated rings. The molecule has 55 heavy (non-hydrogen) atoms. The van der Waals surface area contributed by atoms with E-state index in [1.807, 2.05) is 30.3 Å². The number of hydrogen-bond donors (Lipinski definition) is 2. The highest BCUT2D eigenvalue weighted by Gasteiger charge is 2.31. The number of imidazole rings is 1. The second kappa shape index (κ2) is 15.4. The van der Waals surface area contributed by atoms with Gasteiger partial charge in [0.25, 0.3) is 17.7 Å². The predicted octanol–water partition coefficient (Wildman–Crippen LogP) is 7.13. The van der Waals surface area contributed by atoms with Crippen molar-refractivity contribution in [3.63, 3.8) is 0 Å². The third kappa shape index (κ3) is 7.74. The summed E-state index contributed by atoms with van der Waals surface area (Å²) in [5.74, 6) is -0.608. The summed E-state index contributed by atoms with van der Waals surface area (Å²) in [4.78, 5) is 47.9. The van der Waals surface area contributed by atoms with Gasteiger partial charge in [-0.15, -0.1) is 0 Å². The lowest BCUT2D eigenvalue weighted by molar-refractivity contribution is 0.0691. The van der Waals surface area contributed by atoms with Crippen LogP contribution in [0, 0.1) is 17.5 Å². The Hall–Kier alpha value is -6.58. The Balaban J connectivity index is 0.000000156. The topological polar surface area (TPSA) is 163 Å². The number of H-pyrrole nitrogens is 2. The number of carbonyl (C=O) groups excluding carboxylic acids is 2. The summed E-state index contributed by atoms with van der Waals surface area (Å²) in [6, 6.07) is 18.8. The molecule has 280 valence electrons. The highest BCUT2D eigenvalue weighted by molar-refractivity contribution is 5.95. The van der Waals surface area contributed by atoms with Gasteiger partial charge in [0.1, 0.15) is 5.82 Å². The van der Waals surface area contributed by atoms with E-state index < -0.39 is 11.6 Å². The molecule has 0 aliphatic carbocycles. The summed E-state index contributed by atoms with van der Waals surface area (Å²) in [6.45, 7) is 2.09. The van der Waals surface area contributed by atoms with Crippen molar-refractivity contribution < 1.29 is 31.8 Å². The smallest absolute Gasteiger partial charge is 0.293 e. The van der Waals surface area contributed by atoms with Crippen LogP contribution >= 0.6 is 0 Å². The number of fused-ring (bicyclic) bond motifs is 1. The fourth-order valence-corrected chi connectivity index (χ4v) is 6.91. The van der Waals surface area contributed by atoms with Crippen LogP contribution in [0.2, 0.25) is 0 Å². The molecule has 2 atom stereocenters. The Kier molecular flexibility index (Phi) is 9.93. The molecular formula is C39H34F3N9O4. The first-order valence-electron chi connectivity index (χ1n) is 17.8. The summed E-state index contributed by atoms with van der Waals surface area (Å²) >= 11 is 0. The largest absolute Gasteiger partial charge is 0.352 e. The van der Waals surface area contributed by atoms with Gasteiger partial charge in [0.2, 0.25) is 11.7 Å². The number of aromatic amines is 2. The number of likely N-dealkylation sites (tertiary alicyclic amines) is 2. The highest BCUT2D eigenvalue weighted by atomic mass is 19.2. The standard InChI is InChI=1S/C22H19FN4O2.C17H15F2N5O2/c23-17-9-7-14(8-10-17)22(28)27-11-3-5-16(13-27)21-25-20(26-29-21)19-12-15-4-1-2-6-18(15)24-19;18-12-4-3-10(8-13(12)19)17(25)24-7-1-2-11(9-24)14-22-16(26-23-14)15-20-5-6-21-15/h1-2,4,6-10,12,16,24H,3,5,11,13H2;3-6,8,11H,1-2,7,9H2,(H,20,21)/t16-;/m0./s1. The number of piperidine rings is 2. The van der Waals surface area contributed by atoms with Crippen LogP contribution in [0.5, 0.6) is 0 Å². The van der Waals surface area contributed by atoms with Crippen LogP contribution in [-0.4, -0.2) is 83.0 Å². The molecule has 16 heteroatoms. The Morgan fingerprint density at radius 2 is 1.49 bits per heavy atom. The van der Waals surface area contributed by atoms with Crippen molar-refractivity contribution in [3.05, 3.63) is 125 Å². The van der Waals surface area contributed by atoms with Gasteiger partial charge < -0.3 is 28.8 Å². The monoisotopic (exact) mass is 749 g/mol. The van der Waals surface area contributed by atoms with Gasteiger partial charge in [-0.2, -0.15) is 9.97 Å². The fourth-order valence-electron chi connectivity index (χ4n) is 6.91. The summed E-state index contributed by atoms with van der Waals surface area (Å²) < 4.78 is 50.4. The number of nitrogens with one attached hydrogen (secondary N) is 2. The summed E-state index contributed by atoms with van der Waals surface area (Å²) in [5.41, 5.74) is 2.42. The first kappa shape index (κ1) is 35.4. The van der Waals surface area contributed by atoms with E-state index in [-0.39, 0.29) is 40.9 Å². The lowest BCUT2D eigenvalue weighted by Crippen LogP contribution is -2.39. The maximum atomic E-state index is 13.4. The lowest BCUT2D eigenvalue weighted by atomic mass is 9.96. The SMILES string of the molecule is O=C(c1ccc(F)c(F)c1)N1CCCC(c2noc(-c3ncc[nH]3)n2)C1.O=C(c1ccc(F)cc1)N1CCC[C@H](c2nc(-c3cc4ccccc4[nH]3)no2)C1. The number of carbonyl (C=O) groups is 2. The summed E-state index contributed by atoms with van der Waals surface area (Å²) in [7, 11) is 0. The normalized spacial score (nSPS) is 17.2. The Labute approximate surface area is 311 Å². The number of amides is 2. The third-order valence-electron chi connectivity index (χ3n) is 9.74. The molecule has 0 saturated carbocycles. The minimum atomic E-state index is -1.04. The molecule has 2 saturated heterocycles. The van der Waals surface area contributed by atoms with Gasteiger partial charge in [0.15, 0.2) is 23.3 Å². The molecule has 4 aromatic heterocycles. The van der Waals surface area contributed by atoms with Crippen LogP contribution in [-0.2, 0) is 0 Å². The molecule has 2 N–H and O–H groups in total. The van der Waals surface area contributed by atoms with Crippen molar-refractivity contribution in [2.45, 2.75) is 37.5 Å². The number of aromatic nitrogens is 7. The first-order chi connectivity index (χ1) is 26.8. The molecule has 3 aromatic carbocycles. The van der Waals surface area contributed by atoms with Gasteiger partial charge in [-0.05, 0) is 80.3 Å². The predicted molar refractivity (Wildman–Crippen MR) is 192 cm³/mol. The van der Waals surface area contributed by atoms with E-state index in [4.69, 9.17) is 9.05 Å². The molecule has 0 radical (unpaired) electrons. The number of para-hydroxylation sites is 1. The van der Waals surface area contributed by atoms with Gasteiger partial charge in [-0.25, -0.2) is 18.2 Å². The minimum Gasteiger partial charge on any atom is -0.352 e. The van der Waals surface area contributed by atoms with Gasteiger partial charge in [-0.1, -0.05) is 28.5 Å². The van der Waals surface area contributed by atoms with E-state index in [1.54, 1.807) is 22.2 Å². The van der Waals surface area contributed by atoms with Crippen molar-refractivity contribution in [2.75, 3.05) is 26.2 Å². The zero-order valence-electron chi connectivity index (χ0n) is 29.3. The van der Waals surface area contributed by atoms with Crippen molar-refractivity contribution in [3.8, 4) is 23.2 Å². The minimum absolute atomic E-state index is 0.0150. The van der Waals surface area contributed by atoms with E-state index in [0.29, 0.717) is 55.1 Å². The van der Waals surface area contributed by atoms with Crippen molar-refractivity contribution >= 4 is 22.7 Å². The molecular weight excluding hydrogens is 715 g/mol. The Morgan fingerprint density at radius 3 is 2.24 bits per heavy atom. The van der Waals surface area contributed by atoms with E-state index >= 15 is 0 Å². The average molecular weight is 750 g/mol. The van der Waals surface area contributed by atoms with Crippen LogP contribution in [0.15, 0.2) is 94.2 Å². The zero-order chi connectivity index (χ0) is 37.9. The van der Waals surface area contributed by atoms with Crippen LogP contribution in [0.3, 0.4) is 0 Å². The quantitative estimate of drug-likeness (QED) is 0.180. The molecule has 2 aliphatic rings. The van der Waals surface area contributed by atoms with Crippen LogP contribution < -0.4 is 0 Å². The number of benzene rings is 3. The average Bonchev–Trinajstić information content (AvgIpc) is 4.06. The first-order valence-corrected chi connectivity index (χ1v) is 17.8. The van der Waals surface area contributed by atoms with Crippen LogP contribution in [0.1, 0.15) is 70.0 Å². The molecule has 1 unspecified atom stereocenters. The number of halogens is 3. The van der Waals surface area contributed by atoms with Crippen molar-refractivity contribution in [1.29, 1.82) is 0 Å². The molecule has 2 amide bonds. The second-order valence-corrected chi connectivity index (χ2v) is 13.4. The molecule has 6 heterocycles. The van der Waals surface area contributed by atoms with Gasteiger partial charge in [-0.3, -0.25) is 9.59 Å². The second-order valence-electron chi connectivity index (χ2n) is 13.4. The van der Waals surface area contributed by atoms with Crippen molar-refractivity contribution in [2.24, 2.45) is 0 Å². The molecule has 0 spiro atoms. The summed E-state index contributed by atoms with van der Waals surface area (Å²) in [6.07, 6.45) is 6.52. The number of hydrogen-bond acceptors (Lipinski definition) is 9. The van der Waals surface area contributed by atoms with Gasteiger partial charge in [0, 0.05) is 66.5 Å². The molecule has 13 nitrogen and oxygen atoms in total. The van der Waals surface area contributed by atoms with Gasteiger partial charge in [0.05, 0.1) is 11.6 Å². The third-order valence-corrected chi connectivity index (χ3v) is 9.74. The van der Waals surface area contributed by atoms with E-state index in [9.17, 15) is 22.8 Å². The van der Waals surface area contributed by atoms with Gasteiger partial charge >= 0.3 is 0 Å².